The van der Waals surface area contributed by atoms with Gasteiger partial charge in [-0.2, -0.15) is 0 Å². The van der Waals surface area contributed by atoms with Gasteiger partial charge in [0.25, 0.3) is 0 Å². The topological polar surface area (TPSA) is 70.6 Å². The molecule has 0 atom stereocenters. The number of benzene rings is 1. The smallest absolute Gasteiger partial charge is 0.218 e. The van der Waals surface area contributed by atoms with Gasteiger partial charge < -0.3 is 5.73 Å². The van der Waals surface area contributed by atoms with E-state index >= 15 is 0 Å². The molecule has 0 bridgehead atoms. The van der Waals surface area contributed by atoms with Gasteiger partial charge in [0.15, 0.2) is 11.6 Å². The van der Waals surface area contributed by atoms with Gasteiger partial charge >= 0.3 is 0 Å². The van der Waals surface area contributed by atoms with Crippen molar-refractivity contribution < 1.29 is 18.4 Å². The zero-order valence-corrected chi connectivity index (χ0v) is 6.76. The standard InChI is InChI=1S/C7H6F3N3O/c8-3-1-4(9)6(10)5(2-3)12-7(11)13-14/h1-2,14H,(H3,11,12,13). The zero-order valence-electron chi connectivity index (χ0n) is 6.76. The van der Waals surface area contributed by atoms with E-state index in [2.05, 4.69) is 4.99 Å². The molecule has 4 nitrogen and oxygen atoms in total. The molecule has 0 unspecified atom stereocenters. The fourth-order valence-electron chi connectivity index (χ4n) is 0.779. The fourth-order valence-corrected chi connectivity index (χ4v) is 0.779. The van der Waals surface area contributed by atoms with Gasteiger partial charge in [-0.1, -0.05) is 0 Å². The second kappa shape index (κ2) is 3.97. The van der Waals surface area contributed by atoms with Crippen LogP contribution < -0.4 is 11.2 Å². The van der Waals surface area contributed by atoms with Crippen LogP contribution in [0, 0.1) is 17.5 Å². The second-order valence-electron chi connectivity index (χ2n) is 2.33. The largest absolute Gasteiger partial charge is 0.368 e. The van der Waals surface area contributed by atoms with E-state index in [0.29, 0.717) is 12.1 Å². The summed E-state index contributed by atoms with van der Waals surface area (Å²) in [5, 5.41) is 8.21. The number of nitrogens with one attached hydrogen (secondary N) is 1. The van der Waals surface area contributed by atoms with Crippen LogP contribution in [0.1, 0.15) is 0 Å². The monoisotopic (exact) mass is 205 g/mol. The molecular formula is C7H6F3N3O. The number of rotatable bonds is 1. The van der Waals surface area contributed by atoms with Crippen LogP contribution in [0.25, 0.3) is 0 Å². The van der Waals surface area contributed by atoms with E-state index in [1.165, 1.54) is 5.48 Å². The van der Waals surface area contributed by atoms with Gasteiger partial charge in [0, 0.05) is 12.1 Å². The molecule has 0 amide bonds. The average molecular weight is 205 g/mol. The summed E-state index contributed by atoms with van der Waals surface area (Å²) in [5.41, 5.74) is 5.71. The third-order valence-corrected chi connectivity index (χ3v) is 1.33. The molecule has 1 aromatic rings. The lowest BCUT2D eigenvalue weighted by atomic mass is 10.3. The number of nitrogens with two attached hydrogens (primary N) is 1. The molecule has 0 saturated carbocycles. The van der Waals surface area contributed by atoms with E-state index in [1.807, 2.05) is 0 Å². The molecular weight excluding hydrogens is 199 g/mol. The number of hydroxylamine groups is 1. The number of guanidine groups is 1. The van der Waals surface area contributed by atoms with Crippen LogP contribution in [0.3, 0.4) is 0 Å². The molecule has 76 valence electrons. The van der Waals surface area contributed by atoms with E-state index in [9.17, 15) is 13.2 Å². The molecule has 0 heterocycles. The van der Waals surface area contributed by atoms with Crippen molar-refractivity contribution in [1.82, 2.24) is 5.48 Å². The van der Waals surface area contributed by atoms with E-state index in [4.69, 9.17) is 10.9 Å². The van der Waals surface area contributed by atoms with Crippen LogP contribution in [0.5, 0.6) is 0 Å². The molecule has 7 heteroatoms. The highest BCUT2D eigenvalue weighted by atomic mass is 19.2. The molecule has 0 aliphatic heterocycles. The summed E-state index contributed by atoms with van der Waals surface area (Å²) in [7, 11) is 0. The number of aliphatic imine (C=N–C) groups is 1. The lowest BCUT2D eigenvalue weighted by Gasteiger charge is -2.00. The van der Waals surface area contributed by atoms with Crippen molar-refractivity contribution in [3.63, 3.8) is 0 Å². The Kier molecular flexibility index (Phi) is 2.92. The van der Waals surface area contributed by atoms with Gasteiger partial charge in [-0.3, -0.25) is 5.21 Å². The van der Waals surface area contributed by atoms with Gasteiger partial charge in [0.05, 0.1) is 0 Å². The average Bonchev–Trinajstić information content (AvgIpc) is 2.13. The Morgan fingerprint density at radius 1 is 1.36 bits per heavy atom. The number of hydrogen-bond donors (Lipinski definition) is 3. The minimum atomic E-state index is -1.38. The number of halogens is 3. The highest BCUT2D eigenvalue weighted by Crippen LogP contribution is 2.21. The second-order valence-corrected chi connectivity index (χ2v) is 2.33. The van der Waals surface area contributed by atoms with Crippen molar-refractivity contribution >= 4 is 11.6 Å². The van der Waals surface area contributed by atoms with Crippen LogP contribution in [0.15, 0.2) is 17.1 Å². The van der Waals surface area contributed by atoms with Crippen molar-refractivity contribution in [1.29, 1.82) is 0 Å². The normalized spacial score (nSPS) is 11.6. The predicted molar refractivity (Wildman–Crippen MR) is 42.5 cm³/mol. The molecule has 0 saturated heterocycles. The van der Waals surface area contributed by atoms with Gasteiger partial charge in [0.1, 0.15) is 11.5 Å². The Morgan fingerprint density at radius 3 is 2.57 bits per heavy atom. The summed E-state index contributed by atoms with van der Waals surface area (Å²) in [4.78, 5) is 3.18. The molecule has 1 rings (SSSR count). The van der Waals surface area contributed by atoms with E-state index in [0.717, 1.165) is 0 Å². The Balaban J connectivity index is 3.21. The highest BCUT2D eigenvalue weighted by Gasteiger charge is 2.10. The predicted octanol–water partition coefficient (Wildman–Crippen LogP) is 1.03. The highest BCUT2D eigenvalue weighted by molar-refractivity contribution is 5.79. The summed E-state index contributed by atoms with van der Waals surface area (Å²) in [6.45, 7) is 0. The van der Waals surface area contributed by atoms with Crippen molar-refractivity contribution in [2.75, 3.05) is 0 Å². The first-order chi connectivity index (χ1) is 6.54. The van der Waals surface area contributed by atoms with Crippen LogP contribution in [0.2, 0.25) is 0 Å². The van der Waals surface area contributed by atoms with Crippen molar-refractivity contribution in [2.24, 2.45) is 10.7 Å². The van der Waals surface area contributed by atoms with Crippen LogP contribution >= 0.6 is 0 Å². The minimum absolute atomic E-state index is 0.372. The third kappa shape index (κ3) is 2.13. The molecule has 4 N–H and O–H groups in total. The number of nitrogens with zero attached hydrogens (tertiary/aromatic N) is 1. The van der Waals surface area contributed by atoms with E-state index in [-0.39, 0.29) is 0 Å². The third-order valence-electron chi connectivity index (χ3n) is 1.33. The van der Waals surface area contributed by atoms with Crippen LogP contribution in [-0.2, 0) is 0 Å². The quantitative estimate of drug-likeness (QED) is 0.277. The first-order valence-corrected chi connectivity index (χ1v) is 3.43. The molecule has 14 heavy (non-hydrogen) atoms. The molecule has 0 radical (unpaired) electrons. The Bertz CT molecular complexity index is 381. The lowest BCUT2D eigenvalue weighted by Crippen LogP contribution is -2.27. The summed E-state index contributed by atoms with van der Waals surface area (Å²) in [5.74, 6) is -4.29. The van der Waals surface area contributed by atoms with Crippen LogP contribution in [0.4, 0.5) is 18.9 Å². The van der Waals surface area contributed by atoms with Gasteiger partial charge in [-0.05, 0) is 0 Å². The number of hydrogen-bond acceptors (Lipinski definition) is 2. The maximum absolute atomic E-state index is 12.9. The first kappa shape index (κ1) is 10.3. The van der Waals surface area contributed by atoms with Crippen LogP contribution in [-0.4, -0.2) is 11.2 Å². The van der Waals surface area contributed by atoms with Crippen molar-refractivity contribution in [3.05, 3.63) is 29.6 Å². The molecule has 0 aromatic heterocycles. The van der Waals surface area contributed by atoms with E-state index < -0.39 is 29.1 Å². The fraction of sp³-hybridized carbons (Fsp3) is 0. The Morgan fingerprint density at radius 2 is 2.00 bits per heavy atom. The van der Waals surface area contributed by atoms with Crippen molar-refractivity contribution in [3.8, 4) is 0 Å². The maximum atomic E-state index is 12.9. The molecule has 1 aromatic carbocycles. The molecule has 0 fully saturated rings. The van der Waals surface area contributed by atoms with Gasteiger partial charge in [-0.25, -0.2) is 23.6 Å². The van der Waals surface area contributed by atoms with Crippen molar-refractivity contribution in [2.45, 2.75) is 0 Å². The zero-order chi connectivity index (χ0) is 10.7. The van der Waals surface area contributed by atoms with E-state index in [1.54, 1.807) is 0 Å². The summed E-state index contributed by atoms with van der Waals surface area (Å²) in [6.07, 6.45) is 0. The summed E-state index contributed by atoms with van der Waals surface area (Å²) in [6, 6.07) is 1.01. The lowest BCUT2D eigenvalue weighted by molar-refractivity contribution is 0.233. The molecule has 0 aliphatic rings. The molecule has 0 spiro atoms. The minimum Gasteiger partial charge on any atom is -0.368 e. The Labute approximate surface area is 76.8 Å². The molecule has 0 aliphatic carbocycles. The summed E-state index contributed by atoms with van der Waals surface area (Å²) >= 11 is 0. The SMILES string of the molecule is NC(=Nc1cc(F)cc(F)c1F)NO. The van der Waals surface area contributed by atoms with Gasteiger partial charge in [-0.15, -0.1) is 0 Å². The first-order valence-electron chi connectivity index (χ1n) is 3.43. The summed E-state index contributed by atoms with van der Waals surface area (Å²) < 4.78 is 38.0. The van der Waals surface area contributed by atoms with Gasteiger partial charge in [0.2, 0.25) is 5.96 Å². The Hall–Kier alpha value is -1.76. The maximum Gasteiger partial charge on any atom is 0.218 e.